The van der Waals surface area contributed by atoms with Gasteiger partial charge in [-0.3, -0.25) is 4.98 Å². The van der Waals surface area contributed by atoms with Gasteiger partial charge in [-0.15, -0.1) is 0 Å². The summed E-state index contributed by atoms with van der Waals surface area (Å²) in [5.74, 6) is -0.763. The summed E-state index contributed by atoms with van der Waals surface area (Å²) >= 11 is 3.22. The Hall–Kier alpha value is -2.08. The smallest absolute Gasteiger partial charge is 0.408 e. The Morgan fingerprint density at radius 1 is 1.25 bits per heavy atom. The number of fused-ring (bicyclic) bond motifs is 1. The molecule has 0 radical (unpaired) electrons. The van der Waals surface area contributed by atoms with Crippen LogP contribution < -0.4 is 11.1 Å². The van der Waals surface area contributed by atoms with E-state index >= 15 is 0 Å². The predicted molar refractivity (Wildman–Crippen MR) is 78.3 cm³/mol. The fraction of sp³-hybridized carbons (Fsp3) is 0.0714. The van der Waals surface area contributed by atoms with E-state index < -0.39 is 5.76 Å². The van der Waals surface area contributed by atoms with Crippen LogP contribution in [0.15, 0.2) is 50.1 Å². The maximum Gasteiger partial charge on any atom is 0.417 e. The van der Waals surface area contributed by atoms with Gasteiger partial charge in [0.05, 0.1) is 5.52 Å². The third kappa shape index (κ3) is 2.60. The number of hydrogen-bond acceptors (Lipinski definition) is 3. The standard InChI is InChI=1S/C14H10BrFN2O2/c15-9-2-1-8(11(16)5-9)7-17-10-3-4-13-12(6-10)18-14(19)20-13/h1-6,17H,7H2,(H,18,19). The highest BCUT2D eigenvalue weighted by Gasteiger charge is 2.04. The zero-order valence-electron chi connectivity index (χ0n) is 10.2. The van der Waals surface area contributed by atoms with Gasteiger partial charge in [0.2, 0.25) is 0 Å². The van der Waals surface area contributed by atoms with E-state index in [2.05, 4.69) is 26.2 Å². The van der Waals surface area contributed by atoms with E-state index in [1.807, 2.05) is 0 Å². The molecule has 3 rings (SSSR count). The van der Waals surface area contributed by atoms with Gasteiger partial charge in [-0.2, -0.15) is 0 Å². The number of H-pyrrole nitrogens is 1. The lowest BCUT2D eigenvalue weighted by Crippen LogP contribution is -2.01. The summed E-state index contributed by atoms with van der Waals surface area (Å²) in [5.41, 5.74) is 2.44. The van der Waals surface area contributed by atoms with Crippen LogP contribution in [-0.2, 0) is 6.54 Å². The number of halogens is 2. The van der Waals surface area contributed by atoms with Crippen molar-refractivity contribution in [3.63, 3.8) is 0 Å². The Balaban J connectivity index is 1.80. The van der Waals surface area contributed by atoms with Gasteiger partial charge >= 0.3 is 5.76 Å². The minimum Gasteiger partial charge on any atom is -0.408 e. The number of aromatic nitrogens is 1. The number of oxazole rings is 1. The Morgan fingerprint density at radius 3 is 2.90 bits per heavy atom. The minimum atomic E-state index is -0.490. The highest BCUT2D eigenvalue weighted by molar-refractivity contribution is 9.10. The number of aromatic amines is 1. The van der Waals surface area contributed by atoms with E-state index in [0.717, 1.165) is 5.69 Å². The molecule has 2 N–H and O–H groups in total. The molecule has 0 atom stereocenters. The summed E-state index contributed by atoms with van der Waals surface area (Å²) in [7, 11) is 0. The van der Waals surface area contributed by atoms with Crippen molar-refractivity contribution in [3.05, 3.63) is 62.8 Å². The lowest BCUT2D eigenvalue weighted by molar-refractivity contribution is 0.555. The molecule has 6 heteroatoms. The van der Waals surface area contributed by atoms with E-state index in [1.165, 1.54) is 6.07 Å². The molecule has 0 unspecified atom stereocenters. The Morgan fingerprint density at radius 2 is 2.10 bits per heavy atom. The highest BCUT2D eigenvalue weighted by atomic mass is 79.9. The van der Waals surface area contributed by atoms with Crippen LogP contribution in [0.3, 0.4) is 0 Å². The molecule has 20 heavy (non-hydrogen) atoms. The van der Waals surface area contributed by atoms with Crippen molar-refractivity contribution < 1.29 is 8.81 Å². The maximum absolute atomic E-state index is 13.7. The zero-order valence-corrected chi connectivity index (χ0v) is 11.8. The summed E-state index contributed by atoms with van der Waals surface area (Å²) in [6.07, 6.45) is 0. The Labute approximate surface area is 121 Å². The molecule has 1 heterocycles. The first-order valence-electron chi connectivity index (χ1n) is 5.92. The Kier molecular flexibility index (Phi) is 3.31. The van der Waals surface area contributed by atoms with Gasteiger partial charge < -0.3 is 9.73 Å². The van der Waals surface area contributed by atoms with Crippen molar-refractivity contribution in [1.29, 1.82) is 0 Å². The van der Waals surface area contributed by atoms with Gasteiger partial charge in [-0.25, -0.2) is 9.18 Å². The summed E-state index contributed by atoms with van der Waals surface area (Å²) in [6.45, 7) is 0.354. The summed E-state index contributed by atoms with van der Waals surface area (Å²) < 4.78 is 19.3. The molecule has 0 saturated heterocycles. The largest absolute Gasteiger partial charge is 0.417 e. The number of anilines is 1. The molecule has 1 aromatic heterocycles. The molecule has 0 aliphatic heterocycles. The van der Waals surface area contributed by atoms with Gasteiger partial charge in [0.1, 0.15) is 5.82 Å². The quantitative estimate of drug-likeness (QED) is 0.767. The summed E-state index contributed by atoms with van der Waals surface area (Å²) in [5, 5.41) is 3.10. The van der Waals surface area contributed by atoms with E-state index in [4.69, 9.17) is 4.42 Å². The van der Waals surface area contributed by atoms with Crippen molar-refractivity contribution in [2.45, 2.75) is 6.54 Å². The first kappa shape index (κ1) is 12.9. The van der Waals surface area contributed by atoms with Gasteiger partial charge in [0.25, 0.3) is 0 Å². The monoisotopic (exact) mass is 336 g/mol. The average molecular weight is 337 g/mol. The summed E-state index contributed by atoms with van der Waals surface area (Å²) in [4.78, 5) is 13.6. The maximum atomic E-state index is 13.7. The number of hydrogen-bond donors (Lipinski definition) is 2. The predicted octanol–water partition coefficient (Wildman–Crippen LogP) is 3.63. The van der Waals surface area contributed by atoms with Gasteiger partial charge in [-0.05, 0) is 30.3 Å². The molecular formula is C14H10BrFN2O2. The van der Waals surface area contributed by atoms with Gasteiger partial charge in [0.15, 0.2) is 5.58 Å². The molecule has 4 nitrogen and oxygen atoms in total. The second-order valence-electron chi connectivity index (χ2n) is 4.31. The minimum absolute atomic E-state index is 0.273. The van der Waals surface area contributed by atoms with Crippen LogP contribution in [0.2, 0.25) is 0 Å². The molecule has 0 spiro atoms. The molecule has 0 saturated carbocycles. The van der Waals surface area contributed by atoms with Crippen molar-refractivity contribution in [1.82, 2.24) is 4.98 Å². The van der Waals surface area contributed by atoms with E-state index in [1.54, 1.807) is 30.3 Å². The molecule has 0 aliphatic carbocycles. The fourth-order valence-electron chi connectivity index (χ4n) is 1.92. The first-order chi connectivity index (χ1) is 9.61. The molecule has 0 fully saturated rings. The molecule has 3 aromatic rings. The third-order valence-corrected chi connectivity index (χ3v) is 3.41. The van der Waals surface area contributed by atoms with Crippen LogP contribution in [0.25, 0.3) is 11.1 Å². The SMILES string of the molecule is O=c1[nH]c2cc(NCc3ccc(Br)cc3F)ccc2o1. The summed E-state index contributed by atoms with van der Waals surface area (Å²) in [6, 6.07) is 10.1. The lowest BCUT2D eigenvalue weighted by atomic mass is 10.2. The normalized spacial score (nSPS) is 10.9. The van der Waals surface area contributed by atoms with Crippen LogP contribution >= 0.6 is 15.9 Å². The molecule has 0 aliphatic rings. The number of rotatable bonds is 3. The highest BCUT2D eigenvalue weighted by Crippen LogP contribution is 2.19. The van der Waals surface area contributed by atoms with E-state index in [0.29, 0.717) is 27.7 Å². The molecule has 0 bridgehead atoms. The fourth-order valence-corrected chi connectivity index (χ4v) is 2.26. The van der Waals surface area contributed by atoms with Crippen LogP contribution in [0, 0.1) is 5.82 Å². The first-order valence-corrected chi connectivity index (χ1v) is 6.72. The van der Waals surface area contributed by atoms with E-state index in [-0.39, 0.29) is 5.82 Å². The lowest BCUT2D eigenvalue weighted by Gasteiger charge is -2.07. The van der Waals surface area contributed by atoms with Crippen molar-refractivity contribution in [2.24, 2.45) is 0 Å². The molecule has 2 aromatic carbocycles. The molecule has 0 amide bonds. The van der Waals surface area contributed by atoms with Gasteiger partial charge in [0, 0.05) is 22.3 Å². The van der Waals surface area contributed by atoms with Crippen LogP contribution in [-0.4, -0.2) is 4.98 Å². The second-order valence-corrected chi connectivity index (χ2v) is 5.23. The van der Waals surface area contributed by atoms with Crippen LogP contribution in [0.5, 0.6) is 0 Å². The molecule has 102 valence electrons. The van der Waals surface area contributed by atoms with Crippen LogP contribution in [0.4, 0.5) is 10.1 Å². The number of benzene rings is 2. The zero-order chi connectivity index (χ0) is 14.1. The third-order valence-electron chi connectivity index (χ3n) is 2.92. The van der Waals surface area contributed by atoms with E-state index in [9.17, 15) is 9.18 Å². The van der Waals surface area contributed by atoms with Gasteiger partial charge in [-0.1, -0.05) is 22.0 Å². The Bertz CT molecular complexity index is 825. The van der Waals surface area contributed by atoms with Crippen molar-refractivity contribution in [2.75, 3.05) is 5.32 Å². The van der Waals surface area contributed by atoms with Crippen molar-refractivity contribution in [3.8, 4) is 0 Å². The average Bonchev–Trinajstić information content (AvgIpc) is 2.77. The molecular weight excluding hydrogens is 327 g/mol. The number of nitrogens with one attached hydrogen (secondary N) is 2. The van der Waals surface area contributed by atoms with Crippen molar-refractivity contribution >= 4 is 32.7 Å². The second kappa shape index (κ2) is 5.13. The van der Waals surface area contributed by atoms with Crippen LogP contribution in [0.1, 0.15) is 5.56 Å². The topological polar surface area (TPSA) is 58.0 Å².